The molecule has 0 fully saturated rings. The van der Waals surface area contributed by atoms with Gasteiger partial charge in [0.05, 0.1) is 0 Å². The SMILES string of the molecule is CC(=O)C(=O)C(O)(O)O. The minimum absolute atomic E-state index is 0.819. The van der Waals surface area contributed by atoms with Gasteiger partial charge in [-0.1, -0.05) is 0 Å². The molecule has 3 N–H and O–H groups in total. The normalized spacial score (nSPS) is 11.1. The van der Waals surface area contributed by atoms with Gasteiger partial charge in [-0.05, 0) is 0 Å². The third-order valence-electron chi connectivity index (χ3n) is 0.624. The van der Waals surface area contributed by atoms with E-state index in [0.29, 0.717) is 0 Å². The van der Waals surface area contributed by atoms with Crippen molar-refractivity contribution in [3.05, 3.63) is 0 Å². The molecular weight excluding hydrogens is 128 g/mol. The highest BCUT2D eigenvalue weighted by molar-refractivity contribution is 6.38. The first-order chi connectivity index (χ1) is 3.85. The Hall–Kier alpha value is -0.780. The Kier molecular flexibility index (Phi) is 2.03. The molecule has 0 spiro atoms. The molecule has 0 rings (SSSR count). The molecule has 0 amide bonds. The molecule has 0 bridgehead atoms. The maximum atomic E-state index is 10.1. The first kappa shape index (κ1) is 8.22. The first-order valence-electron chi connectivity index (χ1n) is 2.08. The van der Waals surface area contributed by atoms with E-state index in [9.17, 15) is 9.59 Å². The molecule has 0 radical (unpaired) electrons. The molecule has 5 nitrogen and oxygen atoms in total. The molecule has 0 aromatic heterocycles. The number of rotatable bonds is 2. The monoisotopic (exact) mass is 134 g/mol. The predicted molar refractivity (Wildman–Crippen MR) is 25.1 cm³/mol. The molecule has 52 valence electrons. The zero-order valence-corrected chi connectivity index (χ0v) is 4.66. The highest BCUT2D eigenvalue weighted by Crippen LogP contribution is 1.94. The number of hydrogen-bond donors (Lipinski definition) is 3. The van der Waals surface area contributed by atoms with Gasteiger partial charge in [0.2, 0.25) is 5.78 Å². The van der Waals surface area contributed by atoms with Crippen molar-refractivity contribution in [2.24, 2.45) is 0 Å². The summed E-state index contributed by atoms with van der Waals surface area (Å²) in [6.45, 7) is 0.819. The number of Topliss-reactive ketones (excluding diaryl/α,β-unsaturated/α-hetero) is 2. The summed E-state index contributed by atoms with van der Waals surface area (Å²) in [5.74, 6) is -6.25. The maximum absolute atomic E-state index is 10.1. The van der Waals surface area contributed by atoms with Crippen LogP contribution in [0, 0.1) is 0 Å². The van der Waals surface area contributed by atoms with Gasteiger partial charge in [0.1, 0.15) is 0 Å². The molecular formula is C4H6O5. The quantitative estimate of drug-likeness (QED) is 0.293. The second-order valence-corrected chi connectivity index (χ2v) is 1.52. The van der Waals surface area contributed by atoms with E-state index in [0.717, 1.165) is 6.92 Å². The van der Waals surface area contributed by atoms with E-state index in [1.807, 2.05) is 0 Å². The highest BCUT2D eigenvalue weighted by Gasteiger charge is 2.33. The fraction of sp³-hybridized carbons (Fsp3) is 0.500. The van der Waals surface area contributed by atoms with Crippen molar-refractivity contribution in [1.29, 1.82) is 0 Å². The third kappa shape index (κ3) is 2.31. The van der Waals surface area contributed by atoms with Crippen LogP contribution < -0.4 is 0 Å². The zero-order valence-electron chi connectivity index (χ0n) is 4.66. The Morgan fingerprint density at radius 3 is 1.56 bits per heavy atom. The molecule has 0 aliphatic heterocycles. The van der Waals surface area contributed by atoms with Gasteiger partial charge < -0.3 is 15.3 Å². The summed E-state index contributed by atoms with van der Waals surface area (Å²) in [7, 11) is 0. The number of carbonyl (C=O) groups excluding carboxylic acids is 2. The fourth-order valence-electron chi connectivity index (χ4n) is 0.236. The lowest BCUT2D eigenvalue weighted by atomic mass is 10.2. The molecule has 0 aliphatic rings. The summed E-state index contributed by atoms with van der Waals surface area (Å²) in [4.78, 5) is 20.0. The Labute approximate surface area is 50.5 Å². The van der Waals surface area contributed by atoms with Crippen molar-refractivity contribution < 1.29 is 24.9 Å². The van der Waals surface area contributed by atoms with Gasteiger partial charge >= 0.3 is 5.97 Å². The molecule has 5 heteroatoms. The van der Waals surface area contributed by atoms with Gasteiger partial charge in [0.15, 0.2) is 0 Å². The summed E-state index contributed by atoms with van der Waals surface area (Å²) >= 11 is 0. The van der Waals surface area contributed by atoms with Crippen LogP contribution in [0.15, 0.2) is 0 Å². The molecule has 0 aromatic rings. The van der Waals surface area contributed by atoms with Gasteiger partial charge in [0.25, 0.3) is 5.78 Å². The Morgan fingerprint density at radius 1 is 1.22 bits per heavy atom. The molecule has 9 heavy (non-hydrogen) atoms. The third-order valence-corrected chi connectivity index (χ3v) is 0.624. The van der Waals surface area contributed by atoms with Gasteiger partial charge in [-0.2, -0.15) is 0 Å². The minimum atomic E-state index is -3.51. The minimum Gasteiger partial charge on any atom is -0.337 e. The van der Waals surface area contributed by atoms with Crippen LogP contribution in [0.4, 0.5) is 0 Å². The lowest BCUT2D eigenvalue weighted by molar-refractivity contribution is -0.284. The molecule has 0 atom stereocenters. The smallest absolute Gasteiger partial charge is 0.337 e. The number of ketones is 2. The van der Waals surface area contributed by atoms with E-state index >= 15 is 0 Å². The fourth-order valence-corrected chi connectivity index (χ4v) is 0.236. The second kappa shape index (κ2) is 2.22. The number of carbonyl (C=O) groups is 2. The first-order valence-corrected chi connectivity index (χ1v) is 2.08. The van der Waals surface area contributed by atoms with E-state index in [1.54, 1.807) is 0 Å². The van der Waals surface area contributed by atoms with Gasteiger partial charge in [-0.25, -0.2) is 0 Å². The summed E-state index contributed by atoms with van der Waals surface area (Å²) in [5.41, 5.74) is 0. The van der Waals surface area contributed by atoms with Crippen LogP contribution in [-0.4, -0.2) is 32.9 Å². The van der Waals surface area contributed by atoms with E-state index in [4.69, 9.17) is 15.3 Å². The van der Waals surface area contributed by atoms with E-state index < -0.39 is 17.5 Å². The van der Waals surface area contributed by atoms with Crippen LogP contribution in [0.2, 0.25) is 0 Å². The summed E-state index contributed by atoms with van der Waals surface area (Å²) in [6.07, 6.45) is 0. The summed E-state index contributed by atoms with van der Waals surface area (Å²) in [6, 6.07) is 0. The maximum Gasteiger partial charge on any atom is 0.347 e. The van der Waals surface area contributed by atoms with Crippen molar-refractivity contribution in [3.8, 4) is 0 Å². The standard InChI is InChI=1S/C4H6O5/c1-2(5)3(6)4(7,8)9/h7-9H,1H3. The van der Waals surface area contributed by atoms with Gasteiger partial charge in [0, 0.05) is 6.92 Å². The Balaban J connectivity index is 4.23. The van der Waals surface area contributed by atoms with Crippen LogP contribution in [0.5, 0.6) is 0 Å². The Bertz CT molecular complexity index is 142. The molecule has 0 saturated heterocycles. The van der Waals surface area contributed by atoms with Crippen molar-refractivity contribution in [2.45, 2.75) is 12.9 Å². The lowest BCUT2D eigenvalue weighted by Gasteiger charge is -2.08. The molecule has 0 unspecified atom stereocenters. The Morgan fingerprint density at radius 2 is 1.56 bits per heavy atom. The number of aliphatic hydroxyl groups is 3. The molecule has 0 aromatic carbocycles. The number of hydrogen-bond acceptors (Lipinski definition) is 5. The molecule has 0 saturated carbocycles. The summed E-state index contributed by atoms with van der Waals surface area (Å²) < 4.78 is 0. The van der Waals surface area contributed by atoms with Crippen molar-refractivity contribution in [2.75, 3.05) is 0 Å². The van der Waals surface area contributed by atoms with Crippen LogP contribution in [-0.2, 0) is 9.59 Å². The largest absolute Gasteiger partial charge is 0.347 e. The van der Waals surface area contributed by atoms with Crippen LogP contribution in [0.25, 0.3) is 0 Å². The van der Waals surface area contributed by atoms with Crippen LogP contribution in [0.1, 0.15) is 6.92 Å². The zero-order chi connectivity index (χ0) is 7.65. The average molecular weight is 134 g/mol. The topological polar surface area (TPSA) is 94.8 Å². The molecule has 0 heterocycles. The van der Waals surface area contributed by atoms with Gasteiger partial charge in [-0.3, -0.25) is 9.59 Å². The van der Waals surface area contributed by atoms with Crippen LogP contribution in [0.3, 0.4) is 0 Å². The van der Waals surface area contributed by atoms with Crippen molar-refractivity contribution in [3.63, 3.8) is 0 Å². The highest BCUT2D eigenvalue weighted by atomic mass is 16.7. The van der Waals surface area contributed by atoms with E-state index in [1.165, 1.54) is 0 Å². The van der Waals surface area contributed by atoms with Crippen LogP contribution >= 0.6 is 0 Å². The van der Waals surface area contributed by atoms with Gasteiger partial charge in [-0.15, -0.1) is 0 Å². The van der Waals surface area contributed by atoms with Crippen molar-refractivity contribution >= 4 is 11.6 Å². The van der Waals surface area contributed by atoms with E-state index in [2.05, 4.69) is 0 Å². The average Bonchev–Trinajstić information content (AvgIpc) is 1.62. The second-order valence-electron chi connectivity index (χ2n) is 1.52. The lowest BCUT2D eigenvalue weighted by Crippen LogP contribution is -2.41. The predicted octanol–water partition coefficient (Wildman–Crippen LogP) is -2.22. The molecule has 0 aliphatic carbocycles. The van der Waals surface area contributed by atoms with E-state index in [-0.39, 0.29) is 0 Å². The summed E-state index contributed by atoms with van der Waals surface area (Å²) in [5, 5.41) is 24.0. The van der Waals surface area contributed by atoms with Crippen molar-refractivity contribution in [1.82, 2.24) is 0 Å².